The third-order valence-corrected chi connectivity index (χ3v) is 3.62. The van der Waals surface area contributed by atoms with Crippen LogP contribution in [0.25, 0.3) is 0 Å². The topological polar surface area (TPSA) is 78.9 Å². The zero-order chi connectivity index (χ0) is 11.8. The van der Waals surface area contributed by atoms with Crippen molar-refractivity contribution in [2.75, 3.05) is 23.4 Å². The smallest absolute Gasteiger partial charge is 0.225 e. The second-order valence-corrected chi connectivity index (χ2v) is 5.12. The molecule has 86 valence electrons. The molecule has 1 heterocycles. The van der Waals surface area contributed by atoms with Gasteiger partial charge in [0.2, 0.25) is 5.91 Å². The summed E-state index contributed by atoms with van der Waals surface area (Å²) in [5.74, 6) is 1.58. The molecule has 1 aromatic heterocycles. The maximum atomic E-state index is 11.5. The third-order valence-electron chi connectivity index (χ3n) is 1.77. The quantitative estimate of drug-likeness (QED) is 0.757. The Kier molecular flexibility index (Phi) is 5.93. The van der Waals surface area contributed by atoms with Crippen LogP contribution in [-0.4, -0.2) is 24.0 Å². The van der Waals surface area contributed by atoms with Crippen LogP contribution in [0.1, 0.15) is 12.0 Å². The van der Waals surface area contributed by atoms with Crippen molar-refractivity contribution in [2.24, 2.45) is 5.73 Å². The van der Waals surface area contributed by atoms with E-state index in [4.69, 9.17) is 11.0 Å². The lowest BCUT2D eigenvalue weighted by atomic mass is 10.3. The zero-order valence-electron chi connectivity index (χ0n) is 8.73. The zero-order valence-corrected chi connectivity index (χ0v) is 10.4. The van der Waals surface area contributed by atoms with Crippen LogP contribution in [0.2, 0.25) is 0 Å². The van der Waals surface area contributed by atoms with E-state index in [1.807, 2.05) is 6.07 Å². The van der Waals surface area contributed by atoms with Gasteiger partial charge in [0.15, 0.2) is 0 Å². The van der Waals surface area contributed by atoms with Crippen molar-refractivity contribution in [1.29, 1.82) is 5.26 Å². The second kappa shape index (κ2) is 7.28. The molecule has 16 heavy (non-hydrogen) atoms. The number of amides is 1. The van der Waals surface area contributed by atoms with Gasteiger partial charge in [-0.25, -0.2) is 0 Å². The van der Waals surface area contributed by atoms with E-state index in [0.717, 1.165) is 11.5 Å². The molecule has 4 nitrogen and oxygen atoms in total. The van der Waals surface area contributed by atoms with E-state index in [2.05, 4.69) is 5.32 Å². The number of nitrogens with two attached hydrogens (primary N) is 1. The molecule has 1 rings (SSSR count). The normalized spacial score (nSPS) is 9.75. The Labute approximate surface area is 103 Å². The van der Waals surface area contributed by atoms with Crippen LogP contribution in [0.5, 0.6) is 0 Å². The highest BCUT2D eigenvalue weighted by Crippen LogP contribution is 2.22. The minimum atomic E-state index is -0.0523. The Bertz CT molecular complexity index is 384. The van der Waals surface area contributed by atoms with Crippen LogP contribution in [0.4, 0.5) is 5.00 Å². The summed E-state index contributed by atoms with van der Waals surface area (Å²) in [6.45, 7) is 0.635. The molecular weight excluding hydrogens is 242 g/mol. The van der Waals surface area contributed by atoms with Crippen molar-refractivity contribution in [1.82, 2.24) is 0 Å². The molecule has 0 aliphatic carbocycles. The number of thioether (sulfide) groups is 1. The summed E-state index contributed by atoms with van der Waals surface area (Å²) in [4.78, 5) is 11.5. The number of thiophene rings is 1. The summed E-state index contributed by atoms with van der Waals surface area (Å²) in [5, 5.41) is 13.9. The summed E-state index contributed by atoms with van der Waals surface area (Å²) >= 11 is 3.02. The van der Waals surface area contributed by atoms with E-state index in [1.165, 1.54) is 11.3 Å². The van der Waals surface area contributed by atoms with Crippen LogP contribution < -0.4 is 11.1 Å². The molecule has 6 heteroatoms. The third kappa shape index (κ3) is 4.23. The minimum Gasteiger partial charge on any atom is -0.330 e. The first kappa shape index (κ1) is 13.0. The standard InChI is InChI=1S/C10H13N3OS2/c11-3-6-15-4-2-9(14)13-10-8(7-12)1-5-16-10/h1,5H,2-4,6,11H2,(H,13,14). The fraction of sp³-hybridized carbons (Fsp3) is 0.400. The van der Waals surface area contributed by atoms with Crippen LogP contribution in [-0.2, 0) is 4.79 Å². The lowest BCUT2D eigenvalue weighted by molar-refractivity contribution is -0.115. The number of nitrogens with zero attached hydrogens (tertiary/aromatic N) is 1. The van der Waals surface area contributed by atoms with Crippen LogP contribution in [0, 0.1) is 11.3 Å². The van der Waals surface area contributed by atoms with Crippen molar-refractivity contribution in [3.63, 3.8) is 0 Å². The molecular formula is C10H13N3OS2. The van der Waals surface area contributed by atoms with Crippen molar-refractivity contribution in [3.05, 3.63) is 17.0 Å². The Morgan fingerprint density at radius 1 is 1.62 bits per heavy atom. The molecule has 0 saturated carbocycles. The van der Waals surface area contributed by atoms with Crippen LogP contribution in [0.15, 0.2) is 11.4 Å². The summed E-state index contributed by atoms with van der Waals surface area (Å²) in [7, 11) is 0. The molecule has 0 spiro atoms. The van der Waals surface area contributed by atoms with Crippen LogP contribution >= 0.6 is 23.1 Å². The Morgan fingerprint density at radius 2 is 2.44 bits per heavy atom. The second-order valence-electron chi connectivity index (χ2n) is 2.97. The Balaban J connectivity index is 2.32. The highest BCUT2D eigenvalue weighted by Gasteiger charge is 2.07. The Hall–Kier alpha value is -1.03. The number of nitrogens with one attached hydrogen (secondary N) is 1. The molecule has 0 atom stereocenters. The van der Waals surface area contributed by atoms with Gasteiger partial charge in [0.05, 0.1) is 5.56 Å². The highest BCUT2D eigenvalue weighted by molar-refractivity contribution is 7.99. The van der Waals surface area contributed by atoms with E-state index in [1.54, 1.807) is 23.2 Å². The van der Waals surface area contributed by atoms with E-state index < -0.39 is 0 Å². The number of carbonyl (C=O) groups is 1. The van der Waals surface area contributed by atoms with Gasteiger partial charge in [-0.1, -0.05) is 0 Å². The predicted molar refractivity (Wildman–Crippen MR) is 68.7 cm³/mol. The summed E-state index contributed by atoms with van der Waals surface area (Å²) in [5.41, 5.74) is 5.86. The number of carbonyl (C=O) groups excluding carboxylic acids is 1. The average Bonchev–Trinajstić information content (AvgIpc) is 2.71. The molecule has 0 unspecified atom stereocenters. The molecule has 0 aliphatic heterocycles. The van der Waals surface area contributed by atoms with Gasteiger partial charge < -0.3 is 11.1 Å². The van der Waals surface area contributed by atoms with Gasteiger partial charge in [0.25, 0.3) is 0 Å². The molecule has 0 bridgehead atoms. The van der Waals surface area contributed by atoms with E-state index in [-0.39, 0.29) is 5.91 Å². The first-order chi connectivity index (χ1) is 7.77. The fourth-order valence-corrected chi connectivity index (χ4v) is 2.49. The highest BCUT2D eigenvalue weighted by atomic mass is 32.2. The maximum Gasteiger partial charge on any atom is 0.225 e. The van der Waals surface area contributed by atoms with Gasteiger partial charge in [-0.15, -0.1) is 11.3 Å². The van der Waals surface area contributed by atoms with E-state index >= 15 is 0 Å². The van der Waals surface area contributed by atoms with Gasteiger partial charge >= 0.3 is 0 Å². The summed E-state index contributed by atoms with van der Waals surface area (Å²) in [6, 6.07) is 3.73. The van der Waals surface area contributed by atoms with Crippen LogP contribution in [0.3, 0.4) is 0 Å². The van der Waals surface area contributed by atoms with Gasteiger partial charge in [-0.05, 0) is 11.4 Å². The largest absolute Gasteiger partial charge is 0.330 e. The molecule has 0 fully saturated rings. The van der Waals surface area contributed by atoms with E-state index in [9.17, 15) is 4.79 Å². The molecule has 1 aromatic rings. The van der Waals surface area contributed by atoms with Crippen molar-refractivity contribution >= 4 is 34.0 Å². The van der Waals surface area contributed by atoms with Crippen molar-refractivity contribution in [2.45, 2.75) is 6.42 Å². The molecule has 1 amide bonds. The fourth-order valence-electron chi connectivity index (χ4n) is 1.03. The van der Waals surface area contributed by atoms with Crippen molar-refractivity contribution < 1.29 is 4.79 Å². The molecule has 0 aliphatic rings. The Morgan fingerprint density at radius 3 is 3.12 bits per heavy atom. The number of hydrogen-bond acceptors (Lipinski definition) is 5. The monoisotopic (exact) mass is 255 g/mol. The average molecular weight is 255 g/mol. The van der Waals surface area contributed by atoms with Gasteiger partial charge in [0.1, 0.15) is 11.1 Å². The molecule has 3 N–H and O–H groups in total. The first-order valence-corrected chi connectivity index (χ1v) is 6.86. The number of rotatable bonds is 6. The first-order valence-electron chi connectivity index (χ1n) is 4.83. The SMILES string of the molecule is N#Cc1ccsc1NC(=O)CCSCCN. The summed E-state index contributed by atoms with van der Waals surface area (Å²) < 4.78 is 0. The molecule has 0 aromatic carbocycles. The van der Waals surface area contributed by atoms with E-state index in [0.29, 0.717) is 23.5 Å². The van der Waals surface area contributed by atoms with Crippen molar-refractivity contribution in [3.8, 4) is 6.07 Å². The molecule has 0 saturated heterocycles. The number of hydrogen-bond donors (Lipinski definition) is 2. The predicted octanol–water partition coefficient (Wildman–Crippen LogP) is 1.64. The van der Waals surface area contributed by atoms with Gasteiger partial charge in [0, 0.05) is 24.5 Å². The lowest BCUT2D eigenvalue weighted by Gasteiger charge is -2.02. The number of anilines is 1. The lowest BCUT2D eigenvalue weighted by Crippen LogP contribution is -2.12. The van der Waals surface area contributed by atoms with Gasteiger partial charge in [-0.2, -0.15) is 17.0 Å². The summed E-state index contributed by atoms with van der Waals surface area (Å²) in [6.07, 6.45) is 0.452. The maximum absolute atomic E-state index is 11.5. The number of nitriles is 1. The minimum absolute atomic E-state index is 0.0523. The van der Waals surface area contributed by atoms with Gasteiger partial charge in [-0.3, -0.25) is 4.79 Å². The molecule has 0 radical (unpaired) electrons.